The van der Waals surface area contributed by atoms with Gasteiger partial charge in [0.2, 0.25) is 5.91 Å². The molecule has 140 valence electrons. The van der Waals surface area contributed by atoms with E-state index < -0.39 is 0 Å². The minimum Gasteiger partial charge on any atom is -0.342 e. The summed E-state index contributed by atoms with van der Waals surface area (Å²) in [5.41, 5.74) is 1.19. The van der Waals surface area contributed by atoms with Crippen molar-refractivity contribution >= 4 is 39.2 Å². The van der Waals surface area contributed by atoms with Crippen LogP contribution in [0.3, 0.4) is 0 Å². The summed E-state index contributed by atoms with van der Waals surface area (Å²) in [7, 11) is 0. The van der Waals surface area contributed by atoms with Crippen molar-refractivity contribution in [2.45, 2.75) is 42.9 Å². The highest BCUT2D eigenvalue weighted by molar-refractivity contribution is 8.00. The molecule has 1 aromatic carbocycles. The Morgan fingerprint density at radius 3 is 2.59 bits per heavy atom. The molecule has 2 aromatic heterocycles. The molecule has 0 N–H and O–H groups in total. The summed E-state index contributed by atoms with van der Waals surface area (Å²) in [6, 6.07) is 12.5. The zero-order valence-corrected chi connectivity index (χ0v) is 17.1. The maximum absolute atomic E-state index is 12.9. The van der Waals surface area contributed by atoms with Crippen LogP contribution in [0.15, 0.2) is 47.8 Å². The van der Waals surface area contributed by atoms with Gasteiger partial charge < -0.3 is 4.90 Å². The molecule has 1 saturated heterocycles. The fourth-order valence-corrected chi connectivity index (χ4v) is 5.48. The number of thiophene rings is 1. The van der Waals surface area contributed by atoms with Crippen molar-refractivity contribution in [3.63, 3.8) is 0 Å². The Hall–Kier alpha value is -1.92. The molecule has 4 rings (SSSR count). The molecule has 1 fully saturated rings. The molecule has 3 aromatic rings. The van der Waals surface area contributed by atoms with Gasteiger partial charge in [-0.15, -0.1) is 11.3 Å². The van der Waals surface area contributed by atoms with Crippen molar-refractivity contribution in [2.75, 3.05) is 13.1 Å². The number of rotatable bonds is 4. The molecule has 1 unspecified atom stereocenters. The topological polar surface area (TPSA) is 46.1 Å². The number of fused-ring (bicyclic) bond motifs is 1. The highest BCUT2D eigenvalue weighted by atomic mass is 32.2. The van der Waals surface area contributed by atoms with E-state index in [1.165, 1.54) is 23.3 Å². The van der Waals surface area contributed by atoms with Gasteiger partial charge >= 0.3 is 0 Å². The third-order valence-corrected chi connectivity index (χ3v) is 7.10. The summed E-state index contributed by atoms with van der Waals surface area (Å²) >= 11 is 3.23. The van der Waals surface area contributed by atoms with Crippen LogP contribution >= 0.6 is 23.1 Å². The van der Waals surface area contributed by atoms with Crippen molar-refractivity contribution in [1.82, 2.24) is 14.9 Å². The molecule has 0 radical (unpaired) electrons. The van der Waals surface area contributed by atoms with Gasteiger partial charge in [-0.3, -0.25) is 4.79 Å². The highest BCUT2D eigenvalue weighted by Gasteiger charge is 2.24. The van der Waals surface area contributed by atoms with Crippen molar-refractivity contribution in [1.29, 1.82) is 0 Å². The van der Waals surface area contributed by atoms with Crippen LogP contribution in [0.4, 0.5) is 0 Å². The zero-order chi connectivity index (χ0) is 18.6. The van der Waals surface area contributed by atoms with Crippen molar-refractivity contribution in [2.24, 2.45) is 0 Å². The van der Waals surface area contributed by atoms with E-state index >= 15 is 0 Å². The molecule has 0 bridgehead atoms. The molecule has 1 aliphatic heterocycles. The monoisotopic (exact) mass is 397 g/mol. The van der Waals surface area contributed by atoms with Gasteiger partial charge in [0, 0.05) is 23.4 Å². The third kappa shape index (κ3) is 4.17. The highest BCUT2D eigenvalue weighted by Crippen LogP contribution is 2.37. The van der Waals surface area contributed by atoms with E-state index in [1.54, 1.807) is 29.4 Å². The Bertz CT molecular complexity index is 918. The van der Waals surface area contributed by atoms with Gasteiger partial charge in [0.05, 0.1) is 5.25 Å². The number of nitrogens with zero attached hydrogens (tertiary/aromatic N) is 3. The van der Waals surface area contributed by atoms with Gasteiger partial charge in [-0.05, 0) is 31.4 Å². The summed E-state index contributed by atoms with van der Waals surface area (Å²) in [6.45, 7) is 3.77. The summed E-state index contributed by atoms with van der Waals surface area (Å²) in [5, 5.41) is 1.80. The Labute approximate surface area is 168 Å². The lowest BCUT2D eigenvalue weighted by Crippen LogP contribution is -2.37. The molecule has 0 spiro atoms. The number of hydrogen-bond acceptors (Lipinski definition) is 5. The van der Waals surface area contributed by atoms with E-state index in [-0.39, 0.29) is 11.2 Å². The largest absolute Gasteiger partial charge is 0.342 e. The Balaban J connectivity index is 1.56. The lowest BCUT2D eigenvalue weighted by atomic mass is 10.2. The van der Waals surface area contributed by atoms with Gasteiger partial charge in [0.1, 0.15) is 16.2 Å². The molecular formula is C21H23N3OS2. The predicted molar refractivity (Wildman–Crippen MR) is 113 cm³/mol. The summed E-state index contributed by atoms with van der Waals surface area (Å²) in [6.07, 6.45) is 6.31. The standard InChI is InChI=1S/C21H23N3OS2/c1-15(21(25)24-11-7-2-3-8-12-24)26-19-17-13-18(16-9-5-4-6-10-16)27-20(17)23-14-22-19/h4-6,9-10,13-15H,2-3,7-8,11-12H2,1H3. The van der Waals surface area contributed by atoms with Crippen molar-refractivity contribution < 1.29 is 4.79 Å². The first kappa shape index (κ1) is 18.4. The number of hydrogen-bond donors (Lipinski definition) is 0. The van der Waals surface area contributed by atoms with E-state index in [9.17, 15) is 4.79 Å². The van der Waals surface area contributed by atoms with Gasteiger partial charge in [0.15, 0.2) is 0 Å². The second kappa shape index (κ2) is 8.40. The minimum absolute atomic E-state index is 0.138. The first-order chi connectivity index (χ1) is 13.2. The van der Waals surface area contributed by atoms with E-state index in [4.69, 9.17) is 0 Å². The molecule has 1 atom stereocenters. The molecule has 6 heteroatoms. The maximum atomic E-state index is 12.9. The Morgan fingerprint density at radius 1 is 1.11 bits per heavy atom. The number of carbonyl (C=O) groups excluding carboxylic acids is 1. The second-order valence-electron chi connectivity index (χ2n) is 6.87. The summed E-state index contributed by atoms with van der Waals surface area (Å²) in [4.78, 5) is 26.0. The molecule has 3 heterocycles. The van der Waals surface area contributed by atoms with Gasteiger partial charge in [-0.25, -0.2) is 9.97 Å². The summed E-state index contributed by atoms with van der Waals surface area (Å²) in [5.74, 6) is 0.229. The van der Waals surface area contributed by atoms with Crippen LogP contribution in [0.1, 0.15) is 32.6 Å². The molecule has 27 heavy (non-hydrogen) atoms. The first-order valence-electron chi connectivity index (χ1n) is 9.48. The van der Waals surface area contributed by atoms with Crippen LogP contribution in [0.5, 0.6) is 0 Å². The average molecular weight is 398 g/mol. The molecule has 1 amide bonds. The minimum atomic E-state index is -0.138. The molecular weight excluding hydrogens is 374 g/mol. The van der Waals surface area contributed by atoms with Gasteiger partial charge in [-0.1, -0.05) is 54.9 Å². The van der Waals surface area contributed by atoms with Crippen LogP contribution in [0.25, 0.3) is 20.7 Å². The van der Waals surface area contributed by atoms with Crippen molar-refractivity contribution in [3.8, 4) is 10.4 Å². The maximum Gasteiger partial charge on any atom is 0.235 e. The number of benzene rings is 1. The Kier molecular flexibility index (Phi) is 5.74. The molecule has 0 saturated carbocycles. The second-order valence-corrected chi connectivity index (χ2v) is 9.23. The number of aromatic nitrogens is 2. The molecule has 0 aliphatic carbocycles. The molecule has 4 nitrogen and oxygen atoms in total. The van der Waals surface area contributed by atoms with Crippen LogP contribution in [-0.4, -0.2) is 39.1 Å². The SMILES string of the molecule is CC(Sc1ncnc2sc(-c3ccccc3)cc12)C(=O)N1CCCCCC1. The van der Waals surface area contributed by atoms with Crippen LogP contribution in [-0.2, 0) is 4.79 Å². The third-order valence-electron chi connectivity index (χ3n) is 4.91. The number of thioether (sulfide) groups is 1. The van der Waals surface area contributed by atoms with E-state index in [2.05, 4.69) is 28.2 Å². The van der Waals surface area contributed by atoms with Crippen molar-refractivity contribution in [3.05, 3.63) is 42.7 Å². The number of likely N-dealkylation sites (tertiary alicyclic amines) is 1. The van der Waals surface area contributed by atoms with E-state index in [0.29, 0.717) is 0 Å². The normalized spacial score (nSPS) is 16.3. The molecule has 1 aliphatic rings. The quantitative estimate of drug-likeness (QED) is 0.446. The van der Waals surface area contributed by atoms with Gasteiger partial charge in [0.25, 0.3) is 0 Å². The van der Waals surface area contributed by atoms with E-state index in [0.717, 1.165) is 41.2 Å². The van der Waals surface area contributed by atoms with Crippen LogP contribution in [0.2, 0.25) is 0 Å². The number of carbonyl (C=O) groups is 1. The fraction of sp³-hybridized carbons (Fsp3) is 0.381. The first-order valence-corrected chi connectivity index (χ1v) is 11.2. The van der Waals surface area contributed by atoms with E-state index in [1.807, 2.05) is 30.0 Å². The van der Waals surface area contributed by atoms with Crippen LogP contribution in [0, 0.1) is 0 Å². The lowest BCUT2D eigenvalue weighted by molar-refractivity contribution is -0.130. The smallest absolute Gasteiger partial charge is 0.235 e. The summed E-state index contributed by atoms with van der Waals surface area (Å²) < 4.78 is 0. The fourth-order valence-electron chi connectivity index (χ4n) is 3.44. The number of amides is 1. The van der Waals surface area contributed by atoms with Gasteiger partial charge in [-0.2, -0.15) is 0 Å². The van der Waals surface area contributed by atoms with Crippen LogP contribution < -0.4 is 0 Å². The average Bonchev–Trinajstić information content (AvgIpc) is 2.96. The Morgan fingerprint density at radius 2 is 1.85 bits per heavy atom. The lowest BCUT2D eigenvalue weighted by Gasteiger charge is -2.23. The predicted octanol–water partition coefficient (Wildman–Crippen LogP) is 5.24. The zero-order valence-electron chi connectivity index (χ0n) is 15.4.